The molecule has 0 amide bonds. The average Bonchev–Trinajstić information content (AvgIpc) is 3.06. The summed E-state index contributed by atoms with van der Waals surface area (Å²) in [6.45, 7) is 0. The maximum Gasteiger partial charge on any atom is 0.232 e. The second-order valence-corrected chi connectivity index (χ2v) is 5.46. The molecule has 3 heterocycles. The van der Waals surface area contributed by atoms with E-state index >= 15 is 0 Å². The molecular formula is C11H15N5OS. The second kappa shape index (κ2) is 4.74. The van der Waals surface area contributed by atoms with Crippen LogP contribution in [0.3, 0.4) is 0 Å². The molecule has 0 bridgehead atoms. The Balaban J connectivity index is 1.88. The van der Waals surface area contributed by atoms with Crippen LogP contribution in [0.2, 0.25) is 0 Å². The van der Waals surface area contributed by atoms with E-state index in [9.17, 15) is 0 Å². The third kappa shape index (κ3) is 1.93. The molecule has 6 nitrogen and oxygen atoms in total. The quantitative estimate of drug-likeness (QED) is 0.889. The topological polar surface area (TPSA) is 68.8 Å². The summed E-state index contributed by atoms with van der Waals surface area (Å²) >= 11 is 1.91. The van der Waals surface area contributed by atoms with Gasteiger partial charge >= 0.3 is 0 Å². The van der Waals surface area contributed by atoms with E-state index in [4.69, 9.17) is 4.52 Å². The number of likely N-dealkylation sites (N-methyl/N-ethyl adjacent to an activating group) is 1. The molecular weight excluding hydrogens is 250 g/mol. The van der Waals surface area contributed by atoms with E-state index in [1.54, 1.807) is 12.5 Å². The van der Waals surface area contributed by atoms with E-state index in [0.717, 1.165) is 23.1 Å². The van der Waals surface area contributed by atoms with Crippen molar-refractivity contribution < 1.29 is 4.52 Å². The van der Waals surface area contributed by atoms with Gasteiger partial charge in [-0.1, -0.05) is 5.16 Å². The third-order valence-electron chi connectivity index (χ3n) is 3.26. The van der Waals surface area contributed by atoms with E-state index in [1.807, 2.05) is 30.4 Å². The van der Waals surface area contributed by atoms with Gasteiger partial charge in [0.05, 0.1) is 18.4 Å². The smallest absolute Gasteiger partial charge is 0.232 e. The Kier molecular flexibility index (Phi) is 3.09. The van der Waals surface area contributed by atoms with Gasteiger partial charge in [0, 0.05) is 24.6 Å². The van der Waals surface area contributed by atoms with Gasteiger partial charge < -0.3 is 14.4 Å². The molecule has 1 fully saturated rings. The summed E-state index contributed by atoms with van der Waals surface area (Å²) in [5.41, 5.74) is 0.872. The molecule has 0 saturated carbocycles. The van der Waals surface area contributed by atoms with Crippen LogP contribution in [0.25, 0.3) is 11.5 Å². The lowest BCUT2D eigenvalue weighted by atomic mass is 10.0. The van der Waals surface area contributed by atoms with E-state index in [2.05, 4.69) is 20.4 Å². The lowest BCUT2D eigenvalue weighted by Crippen LogP contribution is -2.31. The van der Waals surface area contributed by atoms with Gasteiger partial charge in [0.1, 0.15) is 5.69 Å². The molecule has 2 unspecified atom stereocenters. The fourth-order valence-corrected chi connectivity index (χ4v) is 3.56. The predicted octanol–water partition coefficient (Wildman–Crippen LogP) is 0.888. The van der Waals surface area contributed by atoms with E-state index < -0.39 is 0 Å². The molecule has 0 spiro atoms. The highest BCUT2D eigenvalue weighted by Gasteiger charge is 2.32. The number of aryl methyl sites for hydroxylation is 1. The maximum absolute atomic E-state index is 5.40. The van der Waals surface area contributed by atoms with E-state index in [0.29, 0.717) is 17.8 Å². The van der Waals surface area contributed by atoms with Gasteiger partial charge in [-0.05, 0) is 7.05 Å². The fourth-order valence-electron chi connectivity index (χ4n) is 2.14. The average molecular weight is 265 g/mol. The van der Waals surface area contributed by atoms with Crippen LogP contribution in [0.1, 0.15) is 11.8 Å². The van der Waals surface area contributed by atoms with E-state index in [-0.39, 0.29) is 0 Å². The summed E-state index contributed by atoms with van der Waals surface area (Å²) in [5, 5.41) is 7.35. The minimum Gasteiger partial charge on any atom is -0.339 e. The Morgan fingerprint density at radius 3 is 3.11 bits per heavy atom. The number of rotatable bonds is 3. The first-order chi connectivity index (χ1) is 8.79. The molecule has 0 radical (unpaired) electrons. The molecule has 7 heteroatoms. The number of nitrogens with one attached hydrogen (secondary N) is 1. The van der Waals surface area contributed by atoms with Crippen LogP contribution in [0.15, 0.2) is 17.0 Å². The standard InChI is InChI=1S/C11H15N5OS/c1-12-8-5-18-4-7(8)11-14-10(15-17-11)9-3-13-6-16(9)2/h3,6-8,12H,4-5H2,1-2H3. The fraction of sp³-hybridized carbons (Fsp3) is 0.545. The normalized spacial score (nSPS) is 23.7. The number of aromatic nitrogens is 4. The van der Waals surface area contributed by atoms with Crippen molar-refractivity contribution in [2.24, 2.45) is 7.05 Å². The first-order valence-electron chi connectivity index (χ1n) is 5.85. The zero-order valence-corrected chi connectivity index (χ0v) is 11.1. The molecule has 1 saturated heterocycles. The first-order valence-corrected chi connectivity index (χ1v) is 7.00. The van der Waals surface area contributed by atoms with Gasteiger partial charge in [0.25, 0.3) is 0 Å². The third-order valence-corrected chi connectivity index (χ3v) is 4.45. The largest absolute Gasteiger partial charge is 0.339 e. The lowest BCUT2D eigenvalue weighted by Gasteiger charge is -2.13. The SMILES string of the molecule is CNC1CSCC1c1nc(-c2cncn2C)no1. The number of thioether (sulfide) groups is 1. The summed E-state index contributed by atoms with van der Waals surface area (Å²) in [4.78, 5) is 8.56. The van der Waals surface area contributed by atoms with Gasteiger partial charge in [-0.15, -0.1) is 0 Å². The highest BCUT2D eigenvalue weighted by atomic mass is 32.2. The van der Waals surface area contributed by atoms with Crippen LogP contribution in [0.5, 0.6) is 0 Å². The number of imidazole rings is 1. The van der Waals surface area contributed by atoms with Crippen molar-refractivity contribution in [3.05, 3.63) is 18.4 Å². The van der Waals surface area contributed by atoms with Crippen molar-refractivity contribution in [3.8, 4) is 11.5 Å². The Bertz CT molecular complexity index is 537. The summed E-state index contributed by atoms with van der Waals surface area (Å²) < 4.78 is 7.29. The van der Waals surface area contributed by atoms with Crippen LogP contribution in [-0.4, -0.2) is 44.3 Å². The monoisotopic (exact) mass is 265 g/mol. The molecule has 0 aliphatic carbocycles. The van der Waals surface area contributed by atoms with Crippen molar-refractivity contribution >= 4 is 11.8 Å². The lowest BCUT2D eigenvalue weighted by molar-refractivity contribution is 0.344. The number of nitrogens with zero attached hydrogens (tertiary/aromatic N) is 4. The summed E-state index contributed by atoms with van der Waals surface area (Å²) in [6, 6.07) is 0.412. The molecule has 1 aliphatic rings. The Morgan fingerprint density at radius 2 is 2.39 bits per heavy atom. The summed E-state index contributed by atoms with van der Waals surface area (Å²) in [5.74, 6) is 3.74. The van der Waals surface area contributed by atoms with Crippen molar-refractivity contribution in [2.75, 3.05) is 18.6 Å². The van der Waals surface area contributed by atoms with E-state index in [1.165, 1.54) is 0 Å². The molecule has 2 aromatic rings. The van der Waals surface area contributed by atoms with Gasteiger partial charge in [-0.2, -0.15) is 16.7 Å². The predicted molar refractivity (Wildman–Crippen MR) is 69.4 cm³/mol. The molecule has 1 aliphatic heterocycles. The number of hydrogen-bond donors (Lipinski definition) is 1. The Morgan fingerprint density at radius 1 is 1.50 bits per heavy atom. The van der Waals surface area contributed by atoms with Crippen LogP contribution < -0.4 is 5.32 Å². The van der Waals surface area contributed by atoms with Crippen molar-refractivity contribution in [3.63, 3.8) is 0 Å². The minimum absolute atomic E-state index is 0.300. The summed E-state index contributed by atoms with van der Waals surface area (Å²) in [7, 11) is 3.89. The van der Waals surface area contributed by atoms with Crippen LogP contribution in [-0.2, 0) is 7.05 Å². The highest BCUT2D eigenvalue weighted by Crippen LogP contribution is 2.32. The molecule has 2 atom stereocenters. The number of hydrogen-bond acceptors (Lipinski definition) is 6. The van der Waals surface area contributed by atoms with Crippen LogP contribution >= 0.6 is 11.8 Å². The first kappa shape index (κ1) is 11.7. The van der Waals surface area contributed by atoms with Crippen LogP contribution in [0.4, 0.5) is 0 Å². The van der Waals surface area contributed by atoms with Gasteiger partial charge in [-0.25, -0.2) is 4.98 Å². The molecule has 0 aromatic carbocycles. The molecule has 96 valence electrons. The van der Waals surface area contributed by atoms with Crippen molar-refractivity contribution in [1.29, 1.82) is 0 Å². The molecule has 18 heavy (non-hydrogen) atoms. The molecule has 2 aromatic heterocycles. The maximum atomic E-state index is 5.40. The zero-order chi connectivity index (χ0) is 12.5. The second-order valence-electron chi connectivity index (χ2n) is 4.39. The highest BCUT2D eigenvalue weighted by molar-refractivity contribution is 7.99. The van der Waals surface area contributed by atoms with Crippen LogP contribution in [0, 0.1) is 0 Å². The van der Waals surface area contributed by atoms with Gasteiger partial charge in [0.15, 0.2) is 0 Å². The zero-order valence-electron chi connectivity index (χ0n) is 10.3. The Hall–Kier alpha value is -1.34. The van der Waals surface area contributed by atoms with Gasteiger partial charge in [-0.3, -0.25) is 0 Å². The van der Waals surface area contributed by atoms with Crippen molar-refractivity contribution in [1.82, 2.24) is 25.0 Å². The molecule has 1 N–H and O–H groups in total. The Labute approximate surface area is 109 Å². The summed E-state index contributed by atoms with van der Waals surface area (Å²) in [6.07, 6.45) is 3.47. The van der Waals surface area contributed by atoms with Crippen molar-refractivity contribution in [2.45, 2.75) is 12.0 Å². The molecule has 3 rings (SSSR count). The van der Waals surface area contributed by atoms with Gasteiger partial charge in [0.2, 0.25) is 11.7 Å². The minimum atomic E-state index is 0.300.